The quantitative estimate of drug-likeness (QED) is 0.287. The number of halogens is 1. The van der Waals surface area contributed by atoms with Crippen molar-refractivity contribution in [2.24, 2.45) is 0 Å². The minimum atomic E-state index is -1.26. The summed E-state index contributed by atoms with van der Waals surface area (Å²) in [7, 11) is 0. The van der Waals surface area contributed by atoms with E-state index in [0.29, 0.717) is 16.3 Å². The maximum Gasteiger partial charge on any atom is 0.341 e. The summed E-state index contributed by atoms with van der Waals surface area (Å²) < 4.78 is 1.88. The molecule has 2 aromatic heterocycles. The average molecular weight is 501 g/mol. The zero-order valence-electron chi connectivity index (χ0n) is 18.6. The summed E-state index contributed by atoms with van der Waals surface area (Å²) in [6, 6.07) is 27.0. The summed E-state index contributed by atoms with van der Waals surface area (Å²) in [6.07, 6.45) is 2.82. The number of aromatic carboxylic acids is 1. The molecule has 2 heterocycles. The van der Waals surface area contributed by atoms with Gasteiger partial charge in [-0.2, -0.15) is 0 Å². The van der Waals surface area contributed by atoms with Crippen LogP contribution in [0.5, 0.6) is 0 Å². The lowest BCUT2D eigenvalue weighted by molar-refractivity contribution is 0.0694. The lowest BCUT2D eigenvalue weighted by atomic mass is 9.98. The number of hydrogen-bond donors (Lipinski definition) is 1. The van der Waals surface area contributed by atoms with Crippen LogP contribution in [-0.4, -0.2) is 20.6 Å². The first-order valence-corrected chi connectivity index (χ1v) is 12.3. The Morgan fingerprint density at radius 1 is 0.914 bits per heavy atom. The largest absolute Gasteiger partial charge is 0.477 e. The van der Waals surface area contributed by atoms with Crippen molar-refractivity contribution >= 4 is 39.3 Å². The molecule has 0 bridgehead atoms. The van der Waals surface area contributed by atoms with Crippen molar-refractivity contribution in [3.8, 4) is 0 Å². The first-order chi connectivity index (χ1) is 17.0. The molecule has 3 aromatic carbocycles. The Morgan fingerprint density at radius 2 is 1.51 bits per heavy atom. The van der Waals surface area contributed by atoms with Crippen LogP contribution in [0.3, 0.4) is 0 Å². The van der Waals surface area contributed by atoms with Gasteiger partial charge in [-0.05, 0) is 35.2 Å². The lowest BCUT2D eigenvalue weighted by Crippen LogP contribution is -2.21. The molecule has 35 heavy (non-hydrogen) atoms. The van der Waals surface area contributed by atoms with Crippen molar-refractivity contribution in [2.45, 2.75) is 18.9 Å². The van der Waals surface area contributed by atoms with Crippen LogP contribution in [0.2, 0.25) is 5.02 Å². The van der Waals surface area contributed by atoms with Crippen LogP contribution in [0.15, 0.2) is 95.9 Å². The lowest BCUT2D eigenvalue weighted by Gasteiger charge is -2.23. The van der Waals surface area contributed by atoms with Crippen LogP contribution in [0.25, 0.3) is 10.3 Å². The van der Waals surface area contributed by atoms with E-state index in [9.17, 15) is 14.7 Å². The summed E-state index contributed by atoms with van der Waals surface area (Å²) >= 11 is 7.42. The van der Waals surface area contributed by atoms with Crippen molar-refractivity contribution in [1.82, 2.24) is 9.55 Å². The summed E-state index contributed by atoms with van der Waals surface area (Å²) in [5, 5.41) is 11.3. The molecule has 0 fully saturated rings. The van der Waals surface area contributed by atoms with Crippen LogP contribution in [-0.2, 0) is 12.8 Å². The zero-order valence-corrected chi connectivity index (χ0v) is 20.2. The van der Waals surface area contributed by atoms with E-state index in [0.717, 1.165) is 28.1 Å². The van der Waals surface area contributed by atoms with Gasteiger partial charge in [0.1, 0.15) is 15.9 Å². The molecule has 5 nitrogen and oxygen atoms in total. The van der Waals surface area contributed by atoms with E-state index in [4.69, 9.17) is 11.6 Å². The Balaban J connectivity index is 1.67. The van der Waals surface area contributed by atoms with Gasteiger partial charge in [-0.15, -0.1) is 11.3 Å². The first kappa shape index (κ1) is 23.0. The van der Waals surface area contributed by atoms with Crippen molar-refractivity contribution in [2.75, 3.05) is 0 Å². The molecule has 0 aliphatic carbocycles. The number of aryl methyl sites for hydroxylation is 2. The topological polar surface area (TPSA) is 72.2 Å². The van der Waals surface area contributed by atoms with E-state index in [1.807, 2.05) is 89.5 Å². The van der Waals surface area contributed by atoms with Crippen LogP contribution in [0.4, 0.5) is 0 Å². The molecule has 0 aliphatic heterocycles. The standard InChI is InChI=1S/C28H21ClN2O3S/c29-21-14-11-18(12-15-21)13-16-23-30-24-26(32)22(28(33)34)17-31(27(24)35-23)25(19-7-3-1-4-8-19)20-9-5-2-6-10-20/h1-12,14-15,17,25H,13,16H2,(H,33,34). The molecule has 1 N–H and O–H groups in total. The molecule has 7 heteroatoms. The Hall–Kier alpha value is -3.74. The van der Waals surface area contributed by atoms with Gasteiger partial charge in [0.25, 0.3) is 0 Å². The number of fused-ring (bicyclic) bond motifs is 1. The number of nitrogens with zero attached hydrogens (tertiary/aromatic N) is 2. The highest BCUT2D eigenvalue weighted by molar-refractivity contribution is 7.18. The van der Waals surface area contributed by atoms with E-state index in [2.05, 4.69) is 4.98 Å². The minimum Gasteiger partial charge on any atom is -0.477 e. The summed E-state index contributed by atoms with van der Waals surface area (Å²) in [4.78, 5) is 30.4. The van der Waals surface area contributed by atoms with Crippen LogP contribution < -0.4 is 5.43 Å². The molecule has 0 spiro atoms. The Morgan fingerprint density at radius 3 is 2.09 bits per heavy atom. The Kier molecular flexibility index (Phi) is 6.49. The van der Waals surface area contributed by atoms with Gasteiger partial charge in [0.15, 0.2) is 0 Å². The number of aromatic nitrogens is 2. The number of carboxylic acid groups (broad SMARTS) is 1. The van der Waals surface area contributed by atoms with Crippen LogP contribution >= 0.6 is 22.9 Å². The second-order valence-corrected chi connectivity index (χ2v) is 9.69. The van der Waals surface area contributed by atoms with Crippen LogP contribution in [0.1, 0.15) is 38.1 Å². The van der Waals surface area contributed by atoms with E-state index in [1.165, 1.54) is 17.5 Å². The summed E-state index contributed by atoms with van der Waals surface area (Å²) in [5.41, 5.74) is 2.42. The molecule has 5 aromatic rings. The summed E-state index contributed by atoms with van der Waals surface area (Å²) in [5.74, 6) is -1.26. The first-order valence-electron chi connectivity index (χ1n) is 11.1. The molecular formula is C28H21ClN2O3S. The molecule has 5 rings (SSSR count). The molecular weight excluding hydrogens is 480 g/mol. The molecule has 0 unspecified atom stereocenters. The maximum absolute atomic E-state index is 13.1. The molecule has 0 amide bonds. The number of pyridine rings is 1. The number of carboxylic acids is 1. The number of benzene rings is 3. The fraction of sp³-hybridized carbons (Fsp3) is 0.107. The normalized spacial score (nSPS) is 11.3. The van der Waals surface area contributed by atoms with Gasteiger partial charge < -0.3 is 9.67 Å². The van der Waals surface area contributed by atoms with Gasteiger partial charge in [-0.3, -0.25) is 4.79 Å². The highest BCUT2D eigenvalue weighted by Crippen LogP contribution is 2.32. The molecule has 174 valence electrons. The van der Waals surface area contributed by atoms with Crippen molar-refractivity contribution in [1.29, 1.82) is 0 Å². The molecule has 0 saturated carbocycles. The highest BCUT2D eigenvalue weighted by Gasteiger charge is 2.24. The van der Waals surface area contributed by atoms with Crippen molar-refractivity contribution in [3.05, 3.63) is 134 Å². The van der Waals surface area contributed by atoms with E-state index >= 15 is 0 Å². The number of rotatable bonds is 7. The second kappa shape index (κ2) is 9.86. The maximum atomic E-state index is 13.1. The van der Waals surface area contributed by atoms with Gasteiger partial charge in [-0.1, -0.05) is 84.4 Å². The monoisotopic (exact) mass is 500 g/mol. The predicted molar refractivity (Wildman–Crippen MR) is 140 cm³/mol. The molecule has 0 saturated heterocycles. The van der Waals surface area contributed by atoms with Crippen molar-refractivity contribution < 1.29 is 9.90 Å². The van der Waals surface area contributed by atoms with Gasteiger partial charge in [0.2, 0.25) is 5.43 Å². The zero-order chi connectivity index (χ0) is 24.4. The SMILES string of the molecule is O=C(O)c1cn(C(c2ccccc2)c2ccccc2)c2sc(CCc3ccc(Cl)cc3)nc2c1=O. The molecule has 0 aliphatic rings. The number of carbonyl (C=O) groups is 1. The van der Waals surface area contributed by atoms with Crippen molar-refractivity contribution in [3.63, 3.8) is 0 Å². The third-order valence-corrected chi connectivity index (χ3v) is 7.28. The predicted octanol–water partition coefficient (Wildman–Crippen LogP) is 6.23. The Bertz CT molecular complexity index is 1510. The smallest absolute Gasteiger partial charge is 0.341 e. The second-order valence-electron chi connectivity index (χ2n) is 8.20. The molecule has 0 atom stereocenters. The Labute approximate surface area is 210 Å². The van der Waals surface area contributed by atoms with E-state index < -0.39 is 11.4 Å². The van der Waals surface area contributed by atoms with Gasteiger partial charge in [0.05, 0.1) is 11.0 Å². The fourth-order valence-electron chi connectivity index (χ4n) is 4.20. The van der Waals surface area contributed by atoms with E-state index in [-0.39, 0.29) is 17.1 Å². The van der Waals surface area contributed by atoms with E-state index in [1.54, 1.807) is 0 Å². The van der Waals surface area contributed by atoms with Gasteiger partial charge in [0, 0.05) is 17.6 Å². The average Bonchev–Trinajstić information content (AvgIpc) is 3.31. The fourth-order valence-corrected chi connectivity index (χ4v) is 5.39. The third kappa shape index (κ3) is 4.76. The minimum absolute atomic E-state index is 0.192. The number of hydrogen-bond acceptors (Lipinski definition) is 4. The van der Waals surface area contributed by atoms with Crippen LogP contribution in [0, 0.1) is 0 Å². The van der Waals surface area contributed by atoms with Gasteiger partial charge in [-0.25, -0.2) is 9.78 Å². The third-order valence-electron chi connectivity index (χ3n) is 5.90. The van der Waals surface area contributed by atoms with Gasteiger partial charge >= 0.3 is 5.97 Å². The summed E-state index contributed by atoms with van der Waals surface area (Å²) in [6.45, 7) is 0. The highest BCUT2D eigenvalue weighted by atomic mass is 35.5. The molecule has 0 radical (unpaired) electrons. The number of thiazole rings is 1.